The molecular weight excluding hydrogens is 412 g/mol. The average Bonchev–Trinajstić information content (AvgIpc) is 2.74. The van der Waals surface area contributed by atoms with Crippen LogP contribution in [0.15, 0.2) is 52.4 Å². The van der Waals surface area contributed by atoms with E-state index in [0.717, 1.165) is 16.0 Å². The quantitative estimate of drug-likeness (QED) is 0.374. The fraction of sp³-hybridized carbons (Fsp3) is 0.217. The molecule has 2 aromatic carbocycles. The molecule has 3 rings (SSSR count). The van der Waals surface area contributed by atoms with Crippen LogP contribution >= 0.6 is 11.6 Å². The van der Waals surface area contributed by atoms with E-state index in [1.807, 2.05) is 31.3 Å². The van der Waals surface area contributed by atoms with Gasteiger partial charge in [-0.25, -0.2) is 4.99 Å². The highest BCUT2D eigenvalue weighted by Crippen LogP contribution is 2.26. The summed E-state index contributed by atoms with van der Waals surface area (Å²) in [6, 6.07) is 12.9. The number of nitrogens with two attached hydrogens (primary N) is 1. The molecule has 8 heteroatoms. The third-order valence-electron chi connectivity index (χ3n) is 4.57. The van der Waals surface area contributed by atoms with Gasteiger partial charge in [0.15, 0.2) is 11.9 Å². The van der Waals surface area contributed by atoms with E-state index in [0.29, 0.717) is 22.9 Å². The molecule has 0 spiro atoms. The van der Waals surface area contributed by atoms with Crippen molar-refractivity contribution in [2.24, 2.45) is 15.9 Å². The number of nitrogens with one attached hydrogen (secondary N) is 2. The van der Waals surface area contributed by atoms with Gasteiger partial charge in [0.1, 0.15) is 5.70 Å². The van der Waals surface area contributed by atoms with Crippen LogP contribution in [0, 0.1) is 16.2 Å². The predicted octanol–water partition coefficient (Wildman–Crippen LogP) is 1.37. The van der Waals surface area contributed by atoms with Crippen LogP contribution in [-0.2, 0) is 6.54 Å². The van der Waals surface area contributed by atoms with Crippen LogP contribution in [0.3, 0.4) is 0 Å². The van der Waals surface area contributed by atoms with Crippen LogP contribution in [0.1, 0.15) is 19.4 Å². The van der Waals surface area contributed by atoms with Crippen molar-refractivity contribution in [1.82, 2.24) is 5.32 Å². The molecule has 2 aromatic rings. The fourth-order valence-corrected chi connectivity index (χ4v) is 3.39. The van der Waals surface area contributed by atoms with Gasteiger partial charge >= 0.3 is 11.7 Å². The van der Waals surface area contributed by atoms with Gasteiger partial charge in [-0.2, -0.15) is 0 Å². The molecule has 0 unspecified atom stereocenters. The molecule has 0 radical (unpaired) electrons. The third-order valence-corrected chi connectivity index (χ3v) is 4.87. The van der Waals surface area contributed by atoms with Gasteiger partial charge in [0, 0.05) is 16.5 Å². The van der Waals surface area contributed by atoms with Crippen LogP contribution in [0.4, 0.5) is 5.69 Å². The topological polar surface area (TPSA) is 106 Å². The summed E-state index contributed by atoms with van der Waals surface area (Å²) in [6.45, 7) is 4.85. The molecule has 0 atom stereocenters. The number of halogens is 1. The molecule has 0 fully saturated rings. The summed E-state index contributed by atoms with van der Waals surface area (Å²) in [5.74, 6) is 0.0126. The van der Waals surface area contributed by atoms with Crippen molar-refractivity contribution in [1.29, 1.82) is 5.41 Å². The summed E-state index contributed by atoms with van der Waals surface area (Å²) in [4.78, 5) is 21.4. The molecule has 1 heterocycles. The first kappa shape index (κ1) is 22.4. The Morgan fingerprint density at radius 3 is 2.58 bits per heavy atom. The predicted molar refractivity (Wildman–Crippen MR) is 126 cm³/mol. The van der Waals surface area contributed by atoms with Crippen molar-refractivity contribution in [3.8, 4) is 0 Å². The maximum atomic E-state index is 12.8. The third kappa shape index (κ3) is 5.25. The maximum absolute atomic E-state index is 12.8. The van der Waals surface area contributed by atoms with Crippen LogP contribution in [0.2, 0.25) is 5.02 Å². The summed E-state index contributed by atoms with van der Waals surface area (Å²) in [5.41, 5.74) is 1.59. The Labute approximate surface area is 185 Å². The Morgan fingerprint density at radius 1 is 1.26 bits per heavy atom. The summed E-state index contributed by atoms with van der Waals surface area (Å²) in [7, 11) is 1.82. The number of hydrogen-bond acceptors (Lipinski definition) is 4. The Bertz CT molecular complexity index is 1220. The van der Waals surface area contributed by atoms with Gasteiger partial charge in [-0.05, 0) is 40.9 Å². The van der Waals surface area contributed by atoms with Crippen molar-refractivity contribution in [3.63, 3.8) is 0 Å². The molecule has 0 bridgehead atoms. The molecule has 0 saturated carbocycles. The molecule has 7 nitrogen and oxygen atoms in total. The smallest absolute Gasteiger partial charge is 0.316 e. The average molecular weight is 437 g/mol. The molecule has 0 saturated heterocycles. The molecule has 1 aliphatic rings. The number of rotatable bonds is 5. The van der Waals surface area contributed by atoms with E-state index in [2.05, 4.69) is 35.2 Å². The molecule has 158 valence electrons. The minimum absolute atomic E-state index is 0.000637. The van der Waals surface area contributed by atoms with Crippen molar-refractivity contribution >= 4 is 52.7 Å². The zero-order chi connectivity index (χ0) is 22.5. The highest BCUT2D eigenvalue weighted by molar-refractivity contribution is 6.66. The summed E-state index contributed by atoms with van der Waals surface area (Å²) < 4.78 is 0.413. The summed E-state index contributed by atoms with van der Waals surface area (Å²) in [5, 5.41) is 19.5. The SMILES string of the molecule is CNCc1ccc([N+](=O)C(=N)C2=NC(=c3ccc(=CC(C)C)cc3)C=NC2=[NH2+])c(Cl)c1. The first-order chi connectivity index (χ1) is 14.8. The lowest BCUT2D eigenvalue weighted by molar-refractivity contribution is -0.328. The highest BCUT2D eigenvalue weighted by atomic mass is 35.5. The van der Waals surface area contributed by atoms with Gasteiger partial charge < -0.3 is 5.32 Å². The van der Waals surface area contributed by atoms with E-state index in [4.69, 9.17) is 22.4 Å². The van der Waals surface area contributed by atoms with E-state index < -0.39 is 5.84 Å². The zero-order valence-electron chi connectivity index (χ0n) is 17.7. The lowest BCUT2D eigenvalue weighted by Gasteiger charge is -2.05. The second-order valence-electron chi connectivity index (χ2n) is 7.48. The zero-order valence-corrected chi connectivity index (χ0v) is 18.4. The number of nitroso groups, excluding NO2 is 1. The van der Waals surface area contributed by atoms with Gasteiger partial charge in [-0.3, -0.25) is 5.41 Å². The van der Waals surface area contributed by atoms with Gasteiger partial charge in [-0.15, -0.1) is 0 Å². The van der Waals surface area contributed by atoms with Crippen LogP contribution in [0.25, 0.3) is 11.8 Å². The van der Waals surface area contributed by atoms with E-state index in [1.54, 1.807) is 18.2 Å². The summed E-state index contributed by atoms with van der Waals surface area (Å²) >= 11 is 6.27. The molecule has 0 amide bonds. The normalized spacial score (nSPS) is 13.4. The largest absolute Gasteiger partial charge is 0.393 e. The van der Waals surface area contributed by atoms with E-state index >= 15 is 0 Å². The maximum Gasteiger partial charge on any atom is 0.393 e. The molecule has 0 aromatic heterocycles. The first-order valence-electron chi connectivity index (χ1n) is 9.87. The second-order valence-corrected chi connectivity index (χ2v) is 7.89. The highest BCUT2D eigenvalue weighted by Gasteiger charge is 2.35. The number of hydrogen-bond donors (Lipinski definition) is 3. The van der Waals surface area contributed by atoms with E-state index in [-0.39, 0.29) is 22.3 Å². The Balaban J connectivity index is 1.96. The number of amidine groups is 2. The molecular formula is C23H25ClN6O+2. The van der Waals surface area contributed by atoms with Gasteiger partial charge in [0.25, 0.3) is 5.71 Å². The number of nitrogens with zero attached hydrogens (tertiary/aromatic N) is 3. The number of benzene rings is 2. The minimum Gasteiger partial charge on any atom is -0.316 e. The van der Waals surface area contributed by atoms with Crippen molar-refractivity contribution in [2.75, 3.05) is 7.05 Å². The lowest BCUT2D eigenvalue weighted by Crippen LogP contribution is -2.48. The molecule has 4 N–H and O–H groups in total. The molecule has 0 aliphatic carbocycles. The van der Waals surface area contributed by atoms with Crippen LogP contribution in [0.5, 0.6) is 0 Å². The molecule has 31 heavy (non-hydrogen) atoms. The van der Waals surface area contributed by atoms with E-state index in [1.165, 1.54) is 6.21 Å². The van der Waals surface area contributed by atoms with Gasteiger partial charge in [0.05, 0.1) is 5.02 Å². The van der Waals surface area contributed by atoms with Gasteiger partial charge in [-0.1, -0.05) is 72.2 Å². The monoisotopic (exact) mass is 436 g/mol. The Kier molecular flexibility index (Phi) is 6.99. The number of aliphatic imine (C=N–C) groups is 2. The van der Waals surface area contributed by atoms with Crippen molar-refractivity contribution in [3.05, 3.63) is 68.4 Å². The van der Waals surface area contributed by atoms with Crippen molar-refractivity contribution < 1.29 is 10.2 Å². The second kappa shape index (κ2) is 9.68. The minimum atomic E-state index is -0.431. The Hall–Kier alpha value is -3.29. The van der Waals surface area contributed by atoms with Gasteiger partial charge in [0.2, 0.25) is 0 Å². The standard InChI is InChI=1S/C23H24ClN6O/c1-14(2)10-15-4-7-17(8-5-15)19-13-28-22(25)21(29-19)23(26)30(31)20-9-6-16(12-27-3)11-18(20)24/h4-11,13-14,25-27H,12H2,1-3H3/q+1/p+1. The lowest BCUT2D eigenvalue weighted by atomic mass is 10.1. The fourth-order valence-electron chi connectivity index (χ4n) is 3.11. The van der Waals surface area contributed by atoms with E-state index in [9.17, 15) is 4.91 Å². The molecule has 1 aliphatic heterocycles. The van der Waals surface area contributed by atoms with Crippen molar-refractivity contribution in [2.45, 2.75) is 20.4 Å². The van der Waals surface area contributed by atoms with Crippen LogP contribution in [-0.4, -0.2) is 35.4 Å². The van der Waals surface area contributed by atoms with Crippen LogP contribution < -0.4 is 21.2 Å². The Morgan fingerprint density at radius 2 is 1.97 bits per heavy atom. The summed E-state index contributed by atoms with van der Waals surface area (Å²) in [6.07, 6.45) is 3.68. The first-order valence-corrected chi connectivity index (χ1v) is 10.2.